The SMILES string of the molecule is CC(C)OP(=O)(C[C@@H]1C=C[C@H](n2ccc(=O)[nH]c2=O)C1)OC(C)C. The fraction of sp³-hybridized carbons (Fsp3) is 0.625. The van der Waals surface area contributed by atoms with Crippen molar-refractivity contribution < 1.29 is 13.6 Å². The van der Waals surface area contributed by atoms with Gasteiger partial charge in [0.05, 0.1) is 24.4 Å². The number of allylic oxidation sites excluding steroid dienone is 2. The molecule has 8 heteroatoms. The second-order valence-corrected chi connectivity index (χ2v) is 8.58. The second-order valence-electron chi connectivity index (χ2n) is 6.57. The summed E-state index contributed by atoms with van der Waals surface area (Å²) in [5.41, 5.74) is -0.868. The van der Waals surface area contributed by atoms with E-state index in [1.807, 2.05) is 39.8 Å². The molecule has 0 spiro atoms. The van der Waals surface area contributed by atoms with Crippen molar-refractivity contribution in [1.82, 2.24) is 9.55 Å². The largest absolute Gasteiger partial charge is 0.331 e. The summed E-state index contributed by atoms with van der Waals surface area (Å²) < 4.78 is 25.6. The smallest absolute Gasteiger partial charge is 0.306 e. The van der Waals surface area contributed by atoms with E-state index >= 15 is 0 Å². The Morgan fingerprint density at radius 2 is 1.83 bits per heavy atom. The summed E-state index contributed by atoms with van der Waals surface area (Å²) in [5, 5.41) is 0. The lowest BCUT2D eigenvalue weighted by atomic mass is 10.1. The summed E-state index contributed by atoms with van der Waals surface area (Å²) in [4.78, 5) is 25.3. The van der Waals surface area contributed by atoms with E-state index in [0.717, 1.165) is 0 Å². The molecule has 7 nitrogen and oxygen atoms in total. The summed E-state index contributed by atoms with van der Waals surface area (Å²) in [5.74, 6) is -0.0165. The molecule has 134 valence electrons. The van der Waals surface area contributed by atoms with Crippen molar-refractivity contribution in [2.75, 3.05) is 6.16 Å². The van der Waals surface area contributed by atoms with Gasteiger partial charge in [0.1, 0.15) is 0 Å². The van der Waals surface area contributed by atoms with Gasteiger partial charge in [-0.3, -0.25) is 18.9 Å². The highest BCUT2D eigenvalue weighted by Gasteiger charge is 2.33. The average Bonchev–Trinajstić information content (AvgIpc) is 2.83. The van der Waals surface area contributed by atoms with Crippen molar-refractivity contribution in [3.63, 3.8) is 0 Å². The average molecular weight is 356 g/mol. The molecule has 0 amide bonds. The van der Waals surface area contributed by atoms with Crippen LogP contribution in [-0.4, -0.2) is 27.9 Å². The van der Waals surface area contributed by atoms with Crippen molar-refractivity contribution in [3.05, 3.63) is 45.3 Å². The van der Waals surface area contributed by atoms with Gasteiger partial charge < -0.3 is 9.05 Å². The molecule has 1 aromatic rings. The second kappa shape index (κ2) is 7.64. The molecule has 1 aliphatic rings. The van der Waals surface area contributed by atoms with Gasteiger partial charge >= 0.3 is 13.3 Å². The van der Waals surface area contributed by atoms with Gasteiger partial charge in [0.15, 0.2) is 0 Å². The summed E-state index contributed by atoms with van der Waals surface area (Å²) in [6.07, 6.45) is 5.79. The third kappa shape index (κ3) is 5.03. The highest BCUT2D eigenvalue weighted by Crippen LogP contribution is 2.53. The summed E-state index contributed by atoms with van der Waals surface area (Å²) in [6, 6.07) is 1.14. The lowest BCUT2D eigenvalue weighted by Crippen LogP contribution is -2.30. The fourth-order valence-corrected chi connectivity index (χ4v) is 5.18. The van der Waals surface area contributed by atoms with Crippen LogP contribution in [0.1, 0.15) is 40.2 Å². The number of hydrogen-bond acceptors (Lipinski definition) is 5. The van der Waals surface area contributed by atoms with Crippen LogP contribution in [0.25, 0.3) is 0 Å². The molecule has 1 heterocycles. The van der Waals surface area contributed by atoms with Gasteiger partial charge in [-0.1, -0.05) is 12.2 Å². The minimum Gasteiger partial charge on any atom is -0.306 e. The van der Waals surface area contributed by atoms with Crippen LogP contribution in [0.4, 0.5) is 0 Å². The van der Waals surface area contributed by atoms with Crippen LogP contribution < -0.4 is 11.2 Å². The van der Waals surface area contributed by atoms with E-state index in [4.69, 9.17) is 9.05 Å². The molecule has 2 atom stereocenters. The molecule has 1 N–H and O–H groups in total. The molecular formula is C16H25N2O5P. The van der Waals surface area contributed by atoms with Crippen molar-refractivity contribution in [2.45, 2.75) is 52.4 Å². The predicted octanol–water partition coefficient (Wildman–Crippen LogP) is 2.70. The lowest BCUT2D eigenvalue weighted by molar-refractivity contribution is 0.140. The maximum atomic E-state index is 13.0. The molecular weight excluding hydrogens is 331 g/mol. The molecule has 0 saturated carbocycles. The lowest BCUT2D eigenvalue weighted by Gasteiger charge is -2.25. The highest BCUT2D eigenvalue weighted by atomic mass is 31.2. The maximum absolute atomic E-state index is 13.0. The van der Waals surface area contributed by atoms with Crippen LogP contribution in [0.15, 0.2) is 34.0 Å². The standard InChI is InChI=1S/C16H25N2O5P/c1-11(2)22-24(21,23-12(3)4)10-13-5-6-14(9-13)18-8-7-15(19)17-16(18)20/h5-8,11-14H,9-10H2,1-4H3,(H,17,19,20)/t13-,14+/m1/s1. The Hall–Kier alpha value is -1.43. The van der Waals surface area contributed by atoms with Crippen LogP contribution in [0.3, 0.4) is 0 Å². The molecule has 1 aliphatic carbocycles. The first-order valence-electron chi connectivity index (χ1n) is 8.14. The van der Waals surface area contributed by atoms with Gasteiger partial charge in [-0.15, -0.1) is 0 Å². The number of nitrogens with one attached hydrogen (secondary N) is 1. The van der Waals surface area contributed by atoms with Crippen LogP contribution in [-0.2, 0) is 13.6 Å². The molecule has 24 heavy (non-hydrogen) atoms. The monoisotopic (exact) mass is 356 g/mol. The molecule has 0 radical (unpaired) electrons. The number of aromatic amines is 1. The summed E-state index contributed by atoms with van der Waals surface area (Å²) in [6.45, 7) is 7.29. The third-order valence-electron chi connectivity index (χ3n) is 3.56. The Morgan fingerprint density at radius 1 is 1.21 bits per heavy atom. The van der Waals surface area contributed by atoms with Crippen molar-refractivity contribution in [3.8, 4) is 0 Å². The molecule has 0 aliphatic heterocycles. The van der Waals surface area contributed by atoms with E-state index in [2.05, 4.69) is 4.98 Å². The van der Waals surface area contributed by atoms with Gasteiger partial charge in [0.25, 0.3) is 5.56 Å². The van der Waals surface area contributed by atoms with Crippen molar-refractivity contribution in [2.24, 2.45) is 5.92 Å². The van der Waals surface area contributed by atoms with Gasteiger partial charge in [-0.05, 0) is 40.0 Å². The zero-order valence-corrected chi connectivity index (χ0v) is 15.4. The highest BCUT2D eigenvalue weighted by molar-refractivity contribution is 7.53. The zero-order chi connectivity index (χ0) is 17.9. The quantitative estimate of drug-likeness (QED) is 0.599. The van der Waals surface area contributed by atoms with Crippen molar-refractivity contribution >= 4 is 7.60 Å². The number of rotatable bonds is 7. The Labute approximate surface area is 141 Å². The molecule has 0 bridgehead atoms. The Kier molecular flexibility index (Phi) is 6.01. The molecule has 0 fully saturated rings. The topological polar surface area (TPSA) is 90.4 Å². The minimum atomic E-state index is -3.22. The van der Waals surface area contributed by atoms with Crippen LogP contribution in [0.2, 0.25) is 0 Å². The van der Waals surface area contributed by atoms with Crippen LogP contribution in [0.5, 0.6) is 0 Å². The van der Waals surface area contributed by atoms with E-state index in [-0.39, 0.29) is 30.3 Å². The van der Waals surface area contributed by atoms with Gasteiger partial charge in [0, 0.05) is 12.3 Å². The number of hydrogen-bond donors (Lipinski definition) is 1. The van der Waals surface area contributed by atoms with E-state index in [0.29, 0.717) is 6.42 Å². The number of nitrogens with zero attached hydrogens (tertiary/aromatic N) is 1. The molecule has 0 aromatic carbocycles. The van der Waals surface area contributed by atoms with E-state index < -0.39 is 18.8 Å². The van der Waals surface area contributed by atoms with Crippen molar-refractivity contribution in [1.29, 1.82) is 0 Å². The Morgan fingerprint density at radius 3 is 2.38 bits per heavy atom. The number of H-pyrrole nitrogens is 1. The Balaban J connectivity index is 2.09. The Bertz CT molecular complexity index is 735. The zero-order valence-electron chi connectivity index (χ0n) is 14.5. The molecule has 2 rings (SSSR count). The minimum absolute atomic E-state index is 0.0165. The van der Waals surface area contributed by atoms with E-state index in [1.54, 1.807) is 0 Å². The number of aromatic nitrogens is 2. The fourth-order valence-electron chi connectivity index (χ4n) is 2.82. The van der Waals surface area contributed by atoms with Gasteiger partial charge in [-0.25, -0.2) is 4.79 Å². The molecule has 0 saturated heterocycles. The van der Waals surface area contributed by atoms with E-state index in [9.17, 15) is 14.2 Å². The van der Waals surface area contributed by atoms with Gasteiger partial charge in [-0.2, -0.15) is 0 Å². The normalized spacial score (nSPS) is 21.1. The summed E-state index contributed by atoms with van der Waals surface area (Å²) in [7, 11) is -3.22. The predicted molar refractivity (Wildman–Crippen MR) is 92.5 cm³/mol. The van der Waals surface area contributed by atoms with Crippen LogP contribution >= 0.6 is 7.60 Å². The first-order chi connectivity index (χ1) is 11.2. The van der Waals surface area contributed by atoms with Gasteiger partial charge in [0.2, 0.25) is 0 Å². The van der Waals surface area contributed by atoms with Crippen LogP contribution in [0, 0.1) is 5.92 Å². The summed E-state index contributed by atoms with van der Waals surface area (Å²) >= 11 is 0. The van der Waals surface area contributed by atoms with E-state index in [1.165, 1.54) is 16.8 Å². The molecule has 0 unspecified atom stereocenters. The third-order valence-corrected chi connectivity index (χ3v) is 5.96. The molecule has 1 aromatic heterocycles. The maximum Gasteiger partial charge on any atom is 0.331 e. The first kappa shape index (κ1) is 18.9. The first-order valence-corrected chi connectivity index (χ1v) is 9.87.